The lowest BCUT2D eigenvalue weighted by Gasteiger charge is -2.27. The van der Waals surface area contributed by atoms with Crippen molar-refractivity contribution in [1.82, 2.24) is 10.2 Å². The Kier molecular flexibility index (Phi) is 6.63. The average Bonchev–Trinajstić information content (AvgIpc) is 3.01. The molecule has 2 heterocycles. The van der Waals surface area contributed by atoms with Crippen LogP contribution in [0, 0.1) is 0 Å². The van der Waals surface area contributed by atoms with Crippen LogP contribution in [0.25, 0.3) is 0 Å². The van der Waals surface area contributed by atoms with Crippen LogP contribution in [0.1, 0.15) is 40.4 Å². The smallest absolute Gasteiger partial charge is 0.348 e. The summed E-state index contributed by atoms with van der Waals surface area (Å²) in [6, 6.07) is 3.57. The fourth-order valence-corrected chi connectivity index (χ4v) is 3.21. The third-order valence-corrected chi connectivity index (χ3v) is 4.69. The van der Waals surface area contributed by atoms with Gasteiger partial charge in [0.1, 0.15) is 4.88 Å². The van der Waals surface area contributed by atoms with E-state index in [0.717, 1.165) is 44.0 Å². The molecule has 2 rings (SSSR count). The summed E-state index contributed by atoms with van der Waals surface area (Å²) in [5.74, 6) is -0.289. The van der Waals surface area contributed by atoms with Crippen LogP contribution in [0.2, 0.25) is 0 Å². The normalized spacial score (nSPS) is 17.6. The van der Waals surface area contributed by atoms with E-state index in [2.05, 4.69) is 10.2 Å². The Morgan fingerprint density at radius 2 is 2.24 bits per heavy atom. The van der Waals surface area contributed by atoms with Crippen LogP contribution in [-0.4, -0.2) is 55.3 Å². The molecule has 1 aromatic heterocycles. The van der Waals surface area contributed by atoms with Crippen LogP contribution in [-0.2, 0) is 4.74 Å². The number of esters is 1. The van der Waals surface area contributed by atoms with Gasteiger partial charge in [-0.05, 0) is 25.0 Å². The van der Waals surface area contributed by atoms with E-state index in [-0.39, 0.29) is 5.97 Å². The van der Waals surface area contributed by atoms with E-state index >= 15 is 0 Å². The van der Waals surface area contributed by atoms with Crippen molar-refractivity contribution >= 4 is 17.3 Å². The molecule has 1 fully saturated rings. The molecule has 1 unspecified atom stereocenters. The monoisotopic (exact) mass is 312 g/mol. The summed E-state index contributed by atoms with van der Waals surface area (Å²) in [6.45, 7) is 7.39. The summed E-state index contributed by atoms with van der Waals surface area (Å²) in [6.07, 6.45) is 1.01. The second kappa shape index (κ2) is 8.48. The largest absolute Gasteiger partial charge is 0.462 e. The number of carbonyl (C=O) groups excluding carboxylic acids is 1. The van der Waals surface area contributed by atoms with E-state index in [1.807, 2.05) is 13.0 Å². The Morgan fingerprint density at radius 3 is 2.95 bits per heavy atom. The summed E-state index contributed by atoms with van der Waals surface area (Å²) >= 11 is 1.33. The fourth-order valence-electron chi connectivity index (χ4n) is 2.29. The summed E-state index contributed by atoms with van der Waals surface area (Å²) in [4.78, 5) is 15.5. The van der Waals surface area contributed by atoms with Gasteiger partial charge < -0.3 is 20.1 Å². The topological polar surface area (TPSA) is 61.8 Å². The first-order valence-corrected chi connectivity index (χ1v) is 8.40. The van der Waals surface area contributed by atoms with E-state index in [9.17, 15) is 9.90 Å². The number of hydrogen-bond donors (Lipinski definition) is 2. The SMILES string of the molecule is CCCOC(=O)c1ccc(C(O)CCN2CCNCC2)s1. The van der Waals surface area contributed by atoms with Gasteiger partial charge in [0.05, 0.1) is 12.7 Å². The molecule has 0 radical (unpaired) electrons. The molecular formula is C15H24N2O3S. The zero-order chi connectivity index (χ0) is 15.1. The Morgan fingerprint density at radius 1 is 1.48 bits per heavy atom. The Labute approximate surface area is 129 Å². The van der Waals surface area contributed by atoms with Crippen molar-refractivity contribution in [1.29, 1.82) is 0 Å². The standard InChI is InChI=1S/C15H24N2O3S/c1-2-11-20-15(19)14-4-3-13(21-14)12(18)5-8-17-9-6-16-7-10-17/h3-4,12,16,18H,2,5-11H2,1H3. The molecule has 1 aliphatic heterocycles. The Bertz CT molecular complexity index is 444. The number of nitrogens with one attached hydrogen (secondary N) is 1. The summed E-state index contributed by atoms with van der Waals surface area (Å²) in [5.41, 5.74) is 0. The van der Waals surface area contributed by atoms with Crippen LogP contribution in [0.4, 0.5) is 0 Å². The highest BCUT2D eigenvalue weighted by atomic mass is 32.1. The van der Waals surface area contributed by atoms with Crippen LogP contribution in [0.5, 0.6) is 0 Å². The minimum Gasteiger partial charge on any atom is -0.462 e. The zero-order valence-electron chi connectivity index (χ0n) is 12.5. The van der Waals surface area contributed by atoms with Crippen molar-refractivity contribution in [3.63, 3.8) is 0 Å². The summed E-state index contributed by atoms with van der Waals surface area (Å²) in [7, 11) is 0. The molecule has 2 N–H and O–H groups in total. The number of hydrogen-bond acceptors (Lipinski definition) is 6. The molecule has 1 atom stereocenters. The quantitative estimate of drug-likeness (QED) is 0.750. The van der Waals surface area contributed by atoms with Crippen molar-refractivity contribution in [2.75, 3.05) is 39.3 Å². The van der Waals surface area contributed by atoms with E-state index in [4.69, 9.17) is 4.74 Å². The Balaban J connectivity index is 1.80. The van der Waals surface area contributed by atoms with Crippen LogP contribution in [0.15, 0.2) is 12.1 Å². The number of aliphatic hydroxyl groups is 1. The zero-order valence-corrected chi connectivity index (χ0v) is 13.3. The molecular weight excluding hydrogens is 288 g/mol. The molecule has 1 aromatic rings. The number of piperazine rings is 1. The van der Waals surface area contributed by atoms with E-state index in [0.29, 0.717) is 17.9 Å². The molecule has 5 nitrogen and oxygen atoms in total. The molecule has 6 heteroatoms. The van der Waals surface area contributed by atoms with Crippen molar-refractivity contribution in [2.45, 2.75) is 25.9 Å². The maximum Gasteiger partial charge on any atom is 0.348 e. The molecule has 1 saturated heterocycles. The molecule has 1 aliphatic rings. The minimum absolute atomic E-state index is 0.289. The van der Waals surface area contributed by atoms with Crippen LogP contribution >= 0.6 is 11.3 Å². The van der Waals surface area contributed by atoms with Gasteiger partial charge in [0.15, 0.2) is 0 Å². The Hall–Kier alpha value is -0.950. The number of carbonyl (C=O) groups is 1. The molecule has 0 amide bonds. The number of rotatable bonds is 7. The number of nitrogens with zero attached hydrogens (tertiary/aromatic N) is 1. The van der Waals surface area contributed by atoms with E-state index in [1.54, 1.807) is 6.07 Å². The predicted molar refractivity (Wildman–Crippen MR) is 83.8 cm³/mol. The highest BCUT2D eigenvalue weighted by Gasteiger charge is 2.17. The van der Waals surface area contributed by atoms with Crippen LogP contribution < -0.4 is 5.32 Å². The lowest BCUT2D eigenvalue weighted by atomic mass is 10.2. The maximum absolute atomic E-state index is 11.7. The van der Waals surface area contributed by atoms with Gasteiger partial charge in [-0.1, -0.05) is 6.92 Å². The van der Waals surface area contributed by atoms with Crippen molar-refractivity contribution < 1.29 is 14.6 Å². The third-order valence-electron chi connectivity index (χ3n) is 3.52. The molecule has 0 aromatic carbocycles. The van der Waals surface area contributed by atoms with E-state index in [1.165, 1.54) is 11.3 Å². The third kappa shape index (κ3) is 5.07. The first-order valence-electron chi connectivity index (χ1n) is 7.58. The van der Waals surface area contributed by atoms with Crippen molar-refractivity contribution in [2.24, 2.45) is 0 Å². The van der Waals surface area contributed by atoms with Crippen molar-refractivity contribution in [3.05, 3.63) is 21.9 Å². The maximum atomic E-state index is 11.7. The molecule has 21 heavy (non-hydrogen) atoms. The highest BCUT2D eigenvalue weighted by molar-refractivity contribution is 7.14. The molecule has 0 bridgehead atoms. The molecule has 0 saturated carbocycles. The predicted octanol–water partition coefficient (Wildman–Crippen LogP) is 1.64. The minimum atomic E-state index is -0.502. The van der Waals surface area contributed by atoms with Gasteiger partial charge in [0.2, 0.25) is 0 Å². The van der Waals surface area contributed by atoms with Gasteiger partial charge in [0.25, 0.3) is 0 Å². The van der Waals surface area contributed by atoms with Gasteiger partial charge in [-0.2, -0.15) is 0 Å². The second-order valence-electron chi connectivity index (χ2n) is 5.23. The van der Waals surface area contributed by atoms with Gasteiger partial charge in [-0.25, -0.2) is 4.79 Å². The highest BCUT2D eigenvalue weighted by Crippen LogP contribution is 2.26. The molecule has 118 valence electrons. The first kappa shape index (κ1) is 16.4. The first-order chi connectivity index (χ1) is 10.2. The van der Waals surface area contributed by atoms with Gasteiger partial charge in [-0.15, -0.1) is 11.3 Å². The van der Waals surface area contributed by atoms with Gasteiger partial charge in [-0.3, -0.25) is 0 Å². The van der Waals surface area contributed by atoms with Gasteiger partial charge in [0, 0.05) is 37.6 Å². The lowest BCUT2D eigenvalue weighted by Crippen LogP contribution is -2.43. The second-order valence-corrected chi connectivity index (χ2v) is 6.35. The van der Waals surface area contributed by atoms with Gasteiger partial charge >= 0.3 is 5.97 Å². The van der Waals surface area contributed by atoms with Crippen molar-refractivity contribution in [3.8, 4) is 0 Å². The van der Waals surface area contributed by atoms with E-state index < -0.39 is 6.10 Å². The summed E-state index contributed by atoms with van der Waals surface area (Å²) < 4.78 is 5.10. The average molecular weight is 312 g/mol. The number of ether oxygens (including phenoxy) is 1. The molecule has 0 aliphatic carbocycles. The number of thiophene rings is 1. The number of aliphatic hydroxyl groups excluding tert-OH is 1. The molecule has 0 spiro atoms. The fraction of sp³-hybridized carbons (Fsp3) is 0.667. The summed E-state index contributed by atoms with van der Waals surface area (Å²) in [5, 5.41) is 13.6. The van der Waals surface area contributed by atoms with Crippen LogP contribution in [0.3, 0.4) is 0 Å². The lowest BCUT2D eigenvalue weighted by molar-refractivity contribution is 0.0511.